The predicted octanol–water partition coefficient (Wildman–Crippen LogP) is 3.02. The Balaban J connectivity index is 1.56. The number of thioether (sulfide) groups is 1. The summed E-state index contributed by atoms with van der Waals surface area (Å²) in [6.45, 7) is 3.06. The lowest BCUT2D eigenvalue weighted by molar-refractivity contribution is -0.119. The van der Waals surface area contributed by atoms with E-state index in [4.69, 9.17) is 4.74 Å². The number of nitrogens with zero attached hydrogens (tertiary/aromatic N) is 2. The predicted molar refractivity (Wildman–Crippen MR) is 128 cm³/mol. The van der Waals surface area contributed by atoms with Gasteiger partial charge in [-0.25, -0.2) is 8.42 Å². The minimum absolute atomic E-state index is 0.0436. The number of carbonyl (C=O) groups excluding carboxylic acids is 2. The number of carbonyl (C=O) groups is 2. The van der Waals surface area contributed by atoms with Gasteiger partial charge in [-0.2, -0.15) is 4.31 Å². The Morgan fingerprint density at radius 2 is 1.85 bits per heavy atom. The second-order valence-electron chi connectivity index (χ2n) is 7.85. The highest BCUT2D eigenvalue weighted by Crippen LogP contribution is 2.32. The van der Waals surface area contributed by atoms with Crippen LogP contribution in [-0.2, 0) is 14.8 Å². The van der Waals surface area contributed by atoms with Crippen LogP contribution < -0.4 is 10.1 Å². The van der Waals surface area contributed by atoms with E-state index in [0.29, 0.717) is 42.6 Å². The Kier molecular flexibility index (Phi) is 7.26. The summed E-state index contributed by atoms with van der Waals surface area (Å²) in [5.41, 5.74) is 0.878. The van der Waals surface area contributed by atoms with Crippen LogP contribution in [0.5, 0.6) is 5.75 Å². The van der Waals surface area contributed by atoms with Gasteiger partial charge in [-0.15, -0.1) is 11.8 Å². The molecular weight excluding hydrogens is 462 g/mol. The second kappa shape index (κ2) is 10.1. The number of hydrogen-bond acceptors (Lipinski definition) is 6. The van der Waals surface area contributed by atoms with Gasteiger partial charge >= 0.3 is 0 Å². The van der Waals surface area contributed by atoms with Crippen LogP contribution in [0.4, 0.5) is 5.69 Å². The molecule has 2 heterocycles. The number of nitrogens with one attached hydrogen (secondary N) is 1. The number of hydrogen-bond donors (Lipinski definition) is 1. The van der Waals surface area contributed by atoms with Crippen molar-refractivity contribution < 1.29 is 22.7 Å². The number of anilines is 1. The molecule has 0 spiro atoms. The van der Waals surface area contributed by atoms with E-state index >= 15 is 0 Å². The SMILES string of the molecule is CCOc1ccc(NC(=O)[C@@H]2CSCN2C(=O)c2ccccc2)cc1S(=O)(=O)N1CCCC1. The molecule has 0 aromatic heterocycles. The summed E-state index contributed by atoms with van der Waals surface area (Å²) in [6, 6.07) is 12.8. The minimum atomic E-state index is -3.74. The first-order chi connectivity index (χ1) is 15.9. The topological polar surface area (TPSA) is 96.0 Å². The lowest BCUT2D eigenvalue weighted by atomic mass is 10.1. The lowest BCUT2D eigenvalue weighted by Gasteiger charge is -2.23. The molecule has 1 N–H and O–H groups in total. The van der Waals surface area contributed by atoms with Crippen molar-refractivity contribution in [2.75, 3.05) is 36.6 Å². The van der Waals surface area contributed by atoms with Crippen molar-refractivity contribution in [2.24, 2.45) is 0 Å². The van der Waals surface area contributed by atoms with Gasteiger partial charge in [0.1, 0.15) is 16.7 Å². The van der Waals surface area contributed by atoms with Crippen molar-refractivity contribution in [3.8, 4) is 5.75 Å². The van der Waals surface area contributed by atoms with Gasteiger partial charge in [-0.05, 0) is 50.1 Å². The van der Waals surface area contributed by atoms with E-state index < -0.39 is 16.1 Å². The van der Waals surface area contributed by atoms with Crippen molar-refractivity contribution in [1.82, 2.24) is 9.21 Å². The van der Waals surface area contributed by atoms with Crippen LogP contribution in [0.25, 0.3) is 0 Å². The molecule has 2 aliphatic heterocycles. The van der Waals surface area contributed by atoms with Crippen molar-refractivity contribution in [3.63, 3.8) is 0 Å². The summed E-state index contributed by atoms with van der Waals surface area (Å²) in [5, 5.41) is 2.81. The zero-order valence-electron chi connectivity index (χ0n) is 18.4. The third kappa shape index (κ3) is 5.02. The Labute approximate surface area is 198 Å². The first-order valence-electron chi connectivity index (χ1n) is 10.9. The highest BCUT2D eigenvalue weighted by molar-refractivity contribution is 7.99. The molecule has 0 saturated carbocycles. The highest BCUT2D eigenvalue weighted by atomic mass is 32.2. The molecule has 0 radical (unpaired) electrons. The summed E-state index contributed by atoms with van der Waals surface area (Å²) < 4.78 is 33.4. The van der Waals surface area contributed by atoms with Crippen molar-refractivity contribution in [2.45, 2.75) is 30.7 Å². The molecule has 2 saturated heterocycles. The molecule has 0 unspecified atom stereocenters. The standard InChI is InChI=1S/C23H27N3O5S2/c1-2-31-20-11-10-18(14-21(20)33(29,30)25-12-6-7-13-25)24-22(27)19-15-32-16-26(19)23(28)17-8-4-3-5-9-17/h3-5,8-11,14,19H,2,6-7,12-13,15-16H2,1H3,(H,24,27)/t19-/m0/s1. The van der Waals surface area contributed by atoms with E-state index in [2.05, 4.69) is 5.32 Å². The van der Waals surface area contributed by atoms with Crippen molar-refractivity contribution in [3.05, 3.63) is 54.1 Å². The quantitative estimate of drug-likeness (QED) is 0.642. The first kappa shape index (κ1) is 23.6. The molecule has 176 valence electrons. The van der Waals surface area contributed by atoms with E-state index in [1.807, 2.05) is 6.07 Å². The summed E-state index contributed by atoms with van der Waals surface area (Å²) in [5.74, 6) is 0.603. The van der Waals surface area contributed by atoms with Gasteiger partial charge < -0.3 is 15.0 Å². The first-order valence-corrected chi connectivity index (χ1v) is 13.5. The van der Waals surface area contributed by atoms with Gasteiger partial charge in [0.15, 0.2) is 0 Å². The smallest absolute Gasteiger partial charge is 0.255 e. The maximum Gasteiger partial charge on any atom is 0.255 e. The zero-order chi connectivity index (χ0) is 23.4. The van der Waals surface area contributed by atoms with Gasteiger partial charge in [-0.1, -0.05) is 18.2 Å². The van der Waals surface area contributed by atoms with Crippen LogP contribution in [0.3, 0.4) is 0 Å². The molecule has 4 rings (SSSR count). The van der Waals surface area contributed by atoms with E-state index in [0.717, 1.165) is 12.8 Å². The third-order valence-corrected chi connectivity index (χ3v) is 8.59. The monoisotopic (exact) mass is 489 g/mol. The van der Waals surface area contributed by atoms with Crippen molar-refractivity contribution >= 4 is 39.3 Å². The molecular formula is C23H27N3O5S2. The molecule has 0 aliphatic carbocycles. The van der Waals surface area contributed by atoms with Crippen LogP contribution in [-0.4, -0.2) is 66.8 Å². The molecule has 8 nitrogen and oxygen atoms in total. The number of rotatable bonds is 7. The maximum atomic E-state index is 13.2. The maximum absolute atomic E-state index is 13.2. The van der Waals surface area contributed by atoms with E-state index in [9.17, 15) is 18.0 Å². The number of benzene rings is 2. The molecule has 2 amide bonds. The van der Waals surface area contributed by atoms with Crippen LogP contribution in [0.15, 0.2) is 53.4 Å². The molecule has 2 aromatic rings. The molecule has 2 aromatic carbocycles. The largest absolute Gasteiger partial charge is 0.492 e. The molecule has 33 heavy (non-hydrogen) atoms. The lowest BCUT2D eigenvalue weighted by Crippen LogP contribution is -2.44. The fourth-order valence-corrected chi connectivity index (χ4v) is 6.79. The Hall–Kier alpha value is -2.56. The van der Waals surface area contributed by atoms with Gasteiger partial charge in [0.25, 0.3) is 5.91 Å². The van der Waals surface area contributed by atoms with Crippen LogP contribution in [0.2, 0.25) is 0 Å². The summed E-state index contributed by atoms with van der Waals surface area (Å²) in [4.78, 5) is 27.6. The number of sulfonamides is 1. The fraction of sp³-hybridized carbons (Fsp3) is 0.391. The van der Waals surface area contributed by atoms with Gasteiger partial charge in [0.2, 0.25) is 15.9 Å². The summed E-state index contributed by atoms with van der Waals surface area (Å²) in [6.07, 6.45) is 1.65. The van der Waals surface area contributed by atoms with Gasteiger partial charge in [0.05, 0.1) is 12.5 Å². The molecule has 2 aliphatic rings. The van der Waals surface area contributed by atoms with E-state index in [-0.39, 0.29) is 22.5 Å². The normalized spacial score (nSPS) is 18.9. The summed E-state index contributed by atoms with van der Waals surface area (Å²) >= 11 is 1.51. The van der Waals surface area contributed by atoms with E-state index in [1.165, 1.54) is 22.1 Å². The van der Waals surface area contributed by atoms with Crippen LogP contribution in [0.1, 0.15) is 30.1 Å². The fourth-order valence-electron chi connectivity index (χ4n) is 3.96. The molecule has 0 bridgehead atoms. The Bertz CT molecular complexity index is 1120. The molecule has 2 fully saturated rings. The van der Waals surface area contributed by atoms with Crippen molar-refractivity contribution in [1.29, 1.82) is 0 Å². The average molecular weight is 490 g/mol. The van der Waals surface area contributed by atoms with Crippen LogP contribution in [0, 0.1) is 0 Å². The highest BCUT2D eigenvalue weighted by Gasteiger charge is 2.36. The zero-order valence-corrected chi connectivity index (χ0v) is 20.0. The average Bonchev–Trinajstić information content (AvgIpc) is 3.53. The van der Waals surface area contributed by atoms with E-state index in [1.54, 1.807) is 48.2 Å². The van der Waals surface area contributed by atoms with Gasteiger partial charge in [-0.3, -0.25) is 9.59 Å². The molecule has 10 heteroatoms. The molecule has 1 atom stereocenters. The Morgan fingerprint density at radius 3 is 2.55 bits per heavy atom. The van der Waals surface area contributed by atoms with Crippen LogP contribution >= 0.6 is 11.8 Å². The summed E-state index contributed by atoms with van der Waals surface area (Å²) in [7, 11) is -3.74. The Morgan fingerprint density at radius 1 is 1.12 bits per heavy atom. The number of ether oxygens (including phenoxy) is 1. The number of amides is 2. The minimum Gasteiger partial charge on any atom is -0.492 e. The third-order valence-electron chi connectivity index (χ3n) is 5.66. The second-order valence-corrected chi connectivity index (χ2v) is 10.8. The van der Waals surface area contributed by atoms with Gasteiger partial charge in [0, 0.05) is 30.1 Å².